The molecule has 0 spiro atoms. The molecule has 2 atom stereocenters. The Labute approximate surface area is 258 Å². The monoisotopic (exact) mass is 622 g/mol. The molecule has 3 amide bonds. The van der Waals surface area contributed by atoms with E-state index in [0.29, 0.717) is 30.8 Å². The van der Waals surface area contributed by atoms with Crippen molar-refractivity contribution in [2.75, 3.05) is 32.8 Å². The highest BCUT2D eigenvalue weighted by Gasteiger charge is 2.38. The van der Waals surface area contributed by atoms with Crippen molar-refractivity contribution in [3.05, 3.63) is 65.8 Å². The molecule has 1 aliphatic heterocycles. The van der Waals surface area contributed by atoms with E-state index in [1.807, 2.05) is 37.3 Å². The van der Waals surface area contributed by atoms with Gasteiger partial charge < -0.3 is 20.1 Å². The standard InChI is InChI=1S/C32H45F3N4O5/c1-8-9-10-11-23(6)19-43-26-12-13-27-25(18-26)14-16-39(31(42)44-24(7)29(40)37-20-32(33,34)35)28(27)30(41)36-15-17-38(21(2)3)22(4)5/h8-13,18,21-22,24,28H,6,14-17,19-20H2,1-5,7H3,(H,36,41)(H,37,40)/b9-8-,11-10-. The molecule has 1 aromatic rings. The number of nitrogens with zero attached hydrogens (tertiary/aromatic N) is 2. The average Bonchev–Trinajstić information content (AvgIpc) is 2.95. The number of hydrogen-bond donors (Lipinski definition) is 2. The predicted octanol–water partition coefficient (Wildman–Crippen LogP) is 5.09. The molecule has 1 aliphatic rings. The highest BCUT2D eigenvalue weighted by molar-refractivity contribution is 5.89. The lowest BCUT2D eigenvalue weighted by Crippen LogP contribution is -2.50. The van der Waals surface area contributed by atoms with E-state index in [-0.39, 0.29) is 25.2 Å². The first-order valence-electron chi connectivity index (χ1n) is 14.7. The minimum atomic E-state index is -4.61. The first-order valence-corrected chi connectivity index (χ1v) is 14.7. The molecule has 2 rings (SSSR count). The zero-order valence-corrected chi connectivity index (χ0v) is 26.4. The number of alkyl halides is 3. The summed E-state index contributed by atoms with van der Waals surface area (Å²) in [6.45, 7) is 15.0. The smallest absolute Gasteiger partial charge is 0.411 e. The Morgan fingerprint density at radius 3 is 2.41 bits per heavy atom. The van der Waals surface area contributed by atoms with Crippen LogP contribution in [-0.4, -0.2) is 84.9 Å². The van der Waals surface area contributed by atoms with Crippen LogP contribution in [0.3, 0.4) is 0 Å². The number of benzene rings is 1. The van der Waals surface area contributed by atoms with Gasteiger partial charge >= 0.3 is 12.3 Å². The van der Waals surface area contributed by atoms with E-state index in [1.54, 1.807) is 17.4 Å². The van der Waals surface area contributed by atoms with Crippen molar-refractivity contribution >= 4 is 17.9 Å². The molecule has 0 bridgehead atoms. The van der Waals surface area contributed by atoms with Crippen molar-refractivity contribution in [2.45, 2.75) is 78.4 Å². The van der Waals surface area contributed by atoms with Gasteiger partial charge in [0, 0.05) is 31.7 Å². The van der Waals surface area contributed by atoms with Gasteiger partial charge in [-0.15, -0.1) is 0 Å². The summed E-state index contributed by atoms with van der Waals surface area (Å²) in [5.41, 5.74) is 2.12. The third kappa shape index (κ3) is 11.4. The van der Waals surface area contributed by atoms with Crippen LogP contribution in [0.15, 0.2) is 54.7 Å². The quantitative estimate of drug-likeness (QED) is 0.281. The Bertz CT molecular complexity index is 1200. The second-order valence-electron chi connectivity index (χ2n) is 11.1. The molecule has 0 aromatic heterocycles. The van der Waals surface area contributed by atoms with Crippen molar-refractivity contribution in [1.82, 2.24) is 20.4 Å². The summed E-state index contributed by atoms with van der Waals surface area (Å²) in [7, 11) is 0. The molecular weight excluding hydrogens is 577 g/mol. The summed E-state index contributed by atoms with van der Waals surface area (Å²) in [5.74, 6) is -0.972. The van der Waals surface area contributed by atoms with Crippen LogP contribution in [0.2, 0.25) is 0 Å². The number of ether oxygens (including phenoxy) is 2. The molecule has 1 heterocycles. The van der Waals surface area contributed by atoms with Crippen molar-refractivity contribution in [2.24, 2.45) is 0 Å². The van der Waals surface area contributed by atoms with Gasteiger partial charge in [-0.2, -0.15) is 13.2 Å². The van der Waals surface area contributed by atoms with Crippen molar-refractivity contribution in [3.63, 3.8) is 0 Å². The number of amides is 3. The number of carbonyl (C=O) groups excluding carboxylic acids is 3. The zero-order chi connectivity index (χ0) is 33.0. The van der Waals surface area contributed by atoms with E-state index in [1.165, 1.54) is 11.8 Å². The van der Waals surface area contributed by atoms with E-state index in [9.17, 15) is 27.6 Å². The summed E-state index contributed by atoms with van der Waals surface area (Å²) in [5, 5.41) is 4.63. The van der Waals surface area contributed by atoms with Gasteiger partial charge in [0.25, 0.3) is 5.91 Å². The number of nitrogens with one attached hydrogen (secondary N) is 2. The first kappa shape index (κ1) is 36.4. The van der Waals surface area contributed by atoms with Crippen LogP contribution in [0.4, 0.5) is 18.0 Å². The van der Waals surface area contributed by atoms with Crippen LogP contribution in [-0.2, 0) is 20.7 Å². The van der Waals surface area contributed by atoms with Crippen molar-refractivity contribution in [1.29, 1.82) is 0 Å². The van der Waals surface area contributed by atoms with Gasteiger partial charge in [-0.05, 0) is 76.8 Å². The maximum atomic E-state index is 13.6. The van der Waals surface area contributed by atoms with Gasteiger partial charge in [0.15, 0.2) is 6.10 Å². The molecule has 2 N–H and O–H groups in total. The number of hydrogen-bond acceptors (Lipinski definition) is 6. The van der Waals surface area contributed by atoms with E-state index < -0.39 is 42.8 Å². The minimum Gasteiger partial charge on any atom is -0.489 e. The van der Waals surface area contributed by atoms with Crippen LogP contribution in [0.25, 0.3) is 0 Å². The molecule has 2 unspecified atom stereocenters. The Hall–Kier alpha value is -3.80. The van der Waals surface area contributed by atoms with Crippen LogP contribution in [0, 0.1) is 0 Å². The summed E-state index contributed by atoms with van der Waals surface area (Å²) in [4.78, 5) is 42.4. The molecule has 0 saturated carbocycles. The fourth-order valence-electron chi connectivity index (χ4n) is 4.82. The van der Waals surface area contributed by atoms with Gasteiger partial charge in [-0.1, -0.05) is 36.9 Å². The normalized spacial score (nSPS) is 16.0. The third-order valence-corrected chi connectivity index (χ3v) is 6.99. The van der Waals surface area contributed by atoms with Gasteiger partial charge in [-0.25, -0.2) is 4.79 Å². The van der Waals surface area contributed by atoms with Crippen molar-refractivity contribution in [3.8, 4) is 5.75 Å². The summed E-state index contributed by atoms with van der Waals surface area (Å²) < 4.78 is 48.7. The molecule has 1 aromatic carbocycles. The summed E-state index contributed by atoms with van der Waals surface area (Å²) in [6.07, 6.45) is 0.727. The molecular formula is C32H45F3N4O5. The lowest BCUT2D eigenvalue weighted by molar-refractivity contribution is -0.143. The molecule has 0 radical (unpaired) electrons. The SMILES string of the molecule is C=C(/C=C\C=C/C)COc1ccc2c(c1)CCN(C(=O)OC(C)C(=O)NCC(F)(F)F)C2C(=O)NCCN(C(C)C)C(C)C. The molecule has 0 fully saturated rings. The minimum absolute atomic E-state index is 0.0766. The molecule has 244 valence electrons. The highest BCUT2D eigenvalue weighted by Crippen LogP contribution is 2.33. The van der Waals surface area contributed by atoms with E-state index >= 15 is 0 Å². The number of allylic oxidation sites excluding steroid dienone is 3. The maximum Gasteiger partial charge on any atom is 0.411 e. The molecule has 9 nitrogen and oxygen atoms in total. The average molecular weight is 623 g/mol. The summed E-state index contributed by atoms with van der Waals surface area (Å²) >= 11 is 0. The highest BCUT2D eigenvalue weighted by atomic mass is 19.4. The number of halogens is 3. The third-order valence-electron chi connectivity index (χ3n) is 6.99. The molecule has 44 heavy (non-hydrogen) atoms. The van der Waals surface area contributed by atoms with E-state index in [4.69, 9.17) is 9.47 Å². The Balaban J connectivity index is 2.25. The van der Waals surface area contributed by atoms with Gasteiger partial charge in [0.05, 0.1) is 0 Å². The maximum absolute atomic E-state index is 13.6. The van der Waals surface area contributed by atoms with Gasteiger partial charge in [0.1, 0.15) is 24.9 Å². The number of fused-ring (bicyclic) bond motifs is 1. The zero-order valence-electron chi connectivity index (χ0n) is 26.4. The predicted molar refractivity (Wildman–Crippen MR) is 163 cm³/mol. The topological polar surface area (TPSA) is 100 Å². The molecule has 0 aliphatic carbocycles. The second kappa shape index (κ2) is 16.9. The molecule has 12 heteroatoms. The van der Waals surface area contributed by atoms with E-state index in [0.717, 1.165) is 11.1 Å². The fraction of sp³-hybridized carbons (Fsp3) is 0.531. The van der Waals surface area contributed by atoms with Gasteiger partial charge in [0.2, 0.25) is 5.91 Å². The number of carbonyl (C=O) groups is 3. The Morgan fingerprint density at radius 1 is 1.11 bits per heavy atom. The lowest BCUT2D eigenvalue weighted by Gasteiger charge is -2.36. The lowest BCUT2D eigenvalue weighted by atomic mass is 9.92. The Morgan fingerprint density at radius 2 is 1.80 bits per heavy atom. The number of rotatable bonds is 14. The van der Waals surface area contributed by atoms with Crippen LogP contribution in [0.1, 0.15) is 58.7 Å². The van der Waals surface area contributed by atoms with Crippen molar-refractivity contribution < 1.29 is 37.0 Å². The van der Waals surface area contributed by atoms with E-state index in [2.05, 4.69) is 44.5 Å². The second-order valence-corrected chi connectivity index (χ2v) is 11.1. The molecule has 0 saturated heterocycles. The Kier molecular flexibility index (Phi) is 14.0. The largest absolute Gasteiger partial charge is 0.489 e. The van der Waals surface area contributed by atoms with Crippen LogP contribution in [0.5, 0.6) is 5.75 Å². The van der Waals surface area contributed by atoms with Crippen LogP contribution < -0.4 is 15.4 Å². The van der Waals surface area contributed by atoms with Crippen LogP contribution >= 0.6 is 0 Å². The van der Waals surface area contributed by atoms with Gasteiger partial charge in [-0.3, -0.25) is 19.4 Å². The fourth-order valence-corrected chi connectivity index (χ4v) is 4.82. The first-order chi connectivity index (χ1) is 20.6. The summed E-state index contributed by atoms with van der Waals surface area (Å²) in [6, 6.07) is 4.65.